The molecule has 1 saturated heterocycles. The number of carbonyl (C=O) groups excluding carboxylic acids is 2. The first-order valence-corrected chi connectivity index (χ1v) is 10.6. The van der Waals surface area contributed by atoms with Crippen LogP contribution in [0.1, 0.15) is 61.4 Å². The minimum atomic E-state index is -0.304. The van der Waals surface area contributed by atoms with Crippen LogP contribution in [-0.2, 0) is 4.74 Å². The molecule has 1 aromatic rings. The molecule has 2 N–H and O–H groups in total. The number of rotatable bonds is 6. The van der Waals surface area contributed by atoms with Gasteiger partial charge < -0.3 is 20.3 Å². The molecule has 0 bridgehead atoms. The lowest BCUT2D eigenvalue weighted by atomic mass is 9.88. The quantitative estimate of drug-likeness (QED) is 0.726. The van der Waals surface area contributed by atoms with Gasteiger partial charge in [-0.3, -0.25) is 4.79 Å². The predicted octanol–water partition coefficient (Wildman–Crippen LogP) is 3.95. The minimum Gasteiger partial charge on any atom is -0.376 e. The number of carbonyl (C=O) groups is 2. The maximum absolute atomic E-state index is 12.9. The van der Waals surface area contributed by atoms with E-state index in [2.05, 4.69) is 17.6 Å². The monoisotopic (exact) mass is 387 g/mol. The predicted molar refractivity (Wildman–Crippen MR) is 111 cm³/mol. The number of nitrogens with one attached hydrogen (secondary N) is 2. The number of likely N-dealkylation sites (tertiary alicyclic amines) is 1. The van der Waals surface area contributed by atoms with Crippen LogP contribution >= 0.6 is 0 Å². The molecule has 1 heterocycles. The molecule has 6 nitrogen and oxygen atoms in total. The van der Waals surface area contributed by atoms with Crippen molar-refractivity contribution in [1.82, 2.24) is 10.2 Å². The number of amides is 3. The highest BCUT2D eigenvalue weighted by molar-refractivity contribution is 6.04. The molecule has 0 spiro atoms. The van der Waals surface area contributed by atoms with E-state index in [-0.39, 0.29) is 11.9 Å². The van der Waals surface area contributed by atoms with Crippen molar-refractivity contribution in [3.63, 3.8) is 0 Å². The van der Waals surface area contributed by atoms with Crippen LogP contribution in [0.5, 0.6) is 0 Å². The number of hydrogen-bond acceptors (Lipinski definition) is 3. The Labute approximate surface area is 168 Å². The fourth-order valence-electron chi connectivity index (χ4n) is 4.21. The van der Waals surface area contributed by atoms with E-state index in [1.165, 1.54) is 19.3 Å². The lowest BCUT2D eigenvalue weighted by molar-refractivity contribution is -0.00232. The Morgan fingerprint density at radius 1 is 1.14 bits per heavy atom. The number of aryl methyl sites for hydroxylation is 1. The van der Waals surface area contributed by atoms with Gasteiger partial charge in [0.1, 0.15) is 0 Å². The Kier molecular flexibility index (Phi) is 7.31. The van der Waals surface area contributed by atoms with Gasteiger partial charge in [0.05, 0.1) is 24.0 Å². The molecule has 2 atom stereocenters. The molecule has 3 amide bonds. The third kappa shape index (κ3) is 5.25. The van der Waals surface area contributed by atoms with Crippen molar-refractivity contribution in [2.24, 2.45) is 5.92 Å². The summed E-state index contributed by atoms with van der Waals surface area (Å²) in [6, 6.07) is 5.25. The third-order valence-corrected chi connectivity index (χ3v) is 5.88. The maximum Gasteiger partial charge on any atom is 0.319 e. The highest BCUT2D eigenvalue weighted by Gasteiger charge is 2.24. The van der Waals surface area contributed by atoms with Gasteiger partial charge in [0, 0.05) is 19.6 Å². The van der Waals surface area contributed by atoms with Gasteiger partial charge in [-0.15, -0.1) is 0 Å². The molecule has 1 aromatic carbocycles. The summed E-state index contributed by atoms with van der Waals surface area (Å²) < 4.78 is 5.94. The first-order valence-electron chi connectivity index (χ1n) is 10.6. The molecule has 2 aliphatic rings. The number of anilines is 1. The Morgan fingerprint density at radius 3 is 2.64 bits per heavy atom. The standard InChI is InChI=1S/C22H33N3O3/c1-16-8-3-4-11-19(16)28-15-12-23-22(27)24-18-10-7-9-17(2)20(18)21(26)25-13-5-6-14-25/h7,9-10,16,19H,3-6,8,11-15H2,1-2H3,(H2,23,24,27)/t16-,19+/m1/s1. The molecule has 1 aliphatic carbocycles. The van der Waals surface area contributed by atoms with E-state index in [9.17, 15) is 9.59 Å². The number of hydrogen-bond donors (Lipinski definition) is 2. The van der Waals surface area contributed by atoms with Gasteiger partial charge >= 0.3 is 6.03 Å². The van der Waals surface area contributed by atoms with Crippen molar-refractivity contribution in [3.05, 3.63) is 29.3 Å². The summed E-state index contributed by atoms with van der Waals surface area (Å²) in [6.45, 7) is 6.68. The molecule has 0 unspecified atom stereocenters. The van der Waals surface area contributed by atoms with E-state index in [1.54, 1.807) is 6.07 Å². The molecule has 6 heteroatoms. The Morgan fingerprint density at radius 2 is 1.89 bits per heavy atom. The fourth-order valence-corrected chi connectivity index (χ4v) is 4.21. The van der Waals surface area contributed by atoms with Gasteiger partial charge in [0.2, 0.25) is 0 Å². The van der Waals surface area contributed by atoms with E-state index in [0.717, 1.165) is 37.9 Å². The highest BCUT2D eigenvalue weighted by atomic mass is 16.5. The first kappa shape index (κ1) is 20.6. The van der Waals surface area contributed by atoms with Crippen LogP contribution in [0, 0.1) is 12.8 Å². The SMILES string of the molecule is Cc1cccc(NC(=O)NCCO[C@H]2CCCC[C@H]2C)c1C(=O)N1CCCC1. The average molecular weight is 388 g/mol. The molecular formula is C22H33N3O3. The lowest BCUT2D eigenvalue weighted by Gasteiger charge is -2.28. The summed E-state index contributed by atoms with van der Waals surface area (Å²) >= 11 is 0. The fraction of sp³-hybridized carbons (Fsp3) is 0.636. The van der Waals surface area contributed by atoms with E-state index in [1.807, 2.05) is 24.0 Å². The van der Waals surface area contributed by atoms with Crippen molar-refractivity contribution in [2.45, 2.75) is 58.5 Å². The summed E-state index contributed by atoms with van der Waals surface area (Å²) in [5.74, 6) is 0.592. The zero-order valence-electron chi connectivity index (χ0n) is 17.1. The third-order valence-electron chi connectivity index (χ3n) is 5.88. The Bertz CT molecular complexity index is 686. The van der Waals surface area contributed by atoms with Crippen molar-refractivity contribution in [3.8, 4) is 0 Å². The summed E-state index contributed by atoms with van der Waals surface area (Å²) in [5, 5.41) is 5.69. The smallest absolute Gasteiger partial charge is 0.319 e. The molecule has 28 heavy (non-hydrogen) atoms. The van der Waals surface area contributed by atoms with Crippen molar-refractivity contribution in [1.29, 1.82) is 0 Å². The summed E-state index contributed by atoms with van der Waals surface area (Å²) in [4.78, 5) is 27.1. The van der Waals surface area contributed by atoms with Crippen molar-refractivity contribution in [2.75, 3.05) is 31.6 Å². The van der Waals surface area contributed by atoms with Gasteiger partial charge in [-0.1, -0.05) is 31.9 Å². The van der Waals surface area contributed by atoms with Crippen LogP contribution in [0.3, 0.4) is 0 Å². The molecule has 154 valence electrons. The average Bonchev–Trinajstić information content (AvgIpc) is 3.21. The van der Waals surface area contributed by atoms with Crippen molar-refractivity contribution < 1.29 is 14.3 Å². The highest BCUT2D eigenvalue weighted by Crippen LogP contribution is 2.26. The number of nitrogens with zero attached hydrogens (tertiary/aromatic N) is 1. The van der Waals surface area contributed by atoms with E-state index in [4.69, 9.17) is 4.74 Å². The molecule has 2 fully saturated rings. The summed E-state index contributed by atoms with van der Waals surface area (Å²) in [7, 11) is 0. The maximum atomic E-state index is 12.9. The molecule has 3 rings (SSSR count). The summed E-state index contributed by atoms with van der Waals surface area (Å²) in [6.07, 6.45) is 7.24. The lowest BCUT2D eigenvalue weighted by Crippen LogP contribution is -2.35. The molecular weight excluding hydrogens is 354 g/mol. The van der Waals surface area contributed by atoms with Crippen LogP contribution in [0.2, 0.25) is 0 Å². The van der Waals surface area contributed by atoms with Crippen LogP contribution < -0.4 is 10.6 Å². The number of urea groups is 1. The van der Waals surface area contributed by atoms with Gasteiger partial charge in [0.25, 0.3) is 5.91 Å². The second-order valence-corrected chi connectivity index (χ2v) is 8.05. The largest absolute Gasteiger partial charge is 0.376 e. The van der Waals surface area contributed by atoms with E-state index < -0.39 is 0 Å². The number of ether oxygens (including phenoxy) is 1. The van der Waals surface area contributed by atoms with Gasteiger partial charge in [-0.05, 0) is 50.2 Å². The minimum absolute atomic E-state index is 0.000481. The molecule has 0 radical (unpaired) electrons. The van der Waals surface area contributed by atoms with Gasteiger partial charge in [-0.2, -0.15) is 0 Å². The van der Waals surface area contributed by atoms with Gasteiger partial charge in [0.15, 0.2) is 0 Å². The Balaban J connectivity index is 1.51. The van der Waals surface area contributed by atoms with Crippen LogP contribution in [0.4, 0.5) is 10.5 Å². The van der Waals surface area contributed by atoms with Gasteiger partial charge in [-0.25, -0.2) is 4.79 Å². The normalized spacial score (nSPS) is 22.1. The zero-order chi connectivity index (χ0) is 19.9. The van der Waals surface area contributed by atoms with E-state index in [0.29, 0.717) is 36.4 Å². The Hall–Kier alpha value is -2.08. The second-order valence-electron chi connectivity index (χ2n) is 8.05. The van der Waals surface area contributed by atoms with Crippen LogP contribution in [0.25, 0.3) is 0 Å². The topological polar surface area (TPSA) is 70.7 Å². The van der Waals surface area contributed by atoms with Crippen molar-refractivity contribution >= 4 is 17.6 Å². The zero-order valence-corrected chi connectivity index (χ0v) is 17.1. The molecule has 1 saturated carbocycles. The van der Waals surface area contributed by atoms with Crippen LogP contribution in [0.15, 0.2) is 18.2 Å². The van der Waals surface area contributed by atoms with Crippen LogP contribution in [-0.4, -0.2) is 49.2 Å². The number of benzene rings is 1. The first-order chi connectivity index (χ1) is 13.6. The summed E-state index contributed by atoms with van der Waals surface area (Å²) in [5.41, 5.74) is 2.03. The second kappa shape index (κ2) is 9.92. The molecule has 1 aliphatic heterocycles. The molecule has 0 aromatic heterocycles. The van der Waals surface area contributed by atoms with E-state index >= 15 is 0 Å².